The molecule has 1 rings (SSSR count). The van der Waals surface area contributed by atoms with E-state index in [0.717, 1.165) is 15.1 Å². The van der Waals surface area contributed by atoms with Gasteiger partial charge in [-0.2, -0.15) is 5.26 Å². The Morgan fingerprint density at radius 1 is 1.57 bits per heavy atom. The van der Waals surface area contributed by atoms with Gasteiger partial charge in [0.15, 0.2) is 0 Å². The molecular weight excluding hydrogens is 262 g/mol. The molecule has 74 valence electrons. The first-order chi connectivity index (χ1) is 6.77. The van der Waals surface area contributed by atoms with Crippen LogP contribution in [0, 0.1) is 11.3 Å². The number of rotatable bonds is 4. The number of hydrogen-bond acceptors (Lipinski definition) is 3. The molecule has 0 spiro atoms. The summed E-state index contributed by atoms with van der Waals surface area (Å²) in [6.45, 7) is 0.700. The first-order valence-electron chi connectivity index (χ1n) is 4.09. The molecule has 1 aromatic carbocycles. The molecule has 0 aliphatic rings. The number of halogens is 1. The van der Waals surface area contributed by atoms with Crippen molar-refractivity contribution in [2.24, 2.45) is 0 Å². The van der Waals surface area contributed by atoms with Crippen LogP contribution in [0.5, 0.6) is 0 Å². The molecule has 0 N–H and O–H groups in total. The molecule has 0 aliphatic carbocycles. The Morgan fingerprint density at radius 3 is 3.00 bits per heavy atom. The minimum Gasteiger partial charge on any atom is -0.384 e. The zero-order chi connectivity index (χ0) is 10.4. The highest BCUT2D eigenvalue weighted by Gasteiger charge is 2.02. The number of nitriles is 1. The highest BCUT2D eigenvalue weighted by atomic mass is 79.9. The fourth-order valence-electron chi connectivity index (χ4n) is 0.950. The molecule has 1 aromatic rings. The number of methoxy groups -OCH3 is 1. The van der Waals surface area contributed by atoms with E-state index >= 15 is 0 Å². The Bertz CT molecular complexity index is 348. The van der Waals surface area contributed by atoms with Gasteiger partial charge in [-0.15, -0.1) is 11.8 Å². The molecule has 0 radical (unpaired) electrons. The summed E-state index contributed by atoms with van der Waals surface area (Å²) in [6.07, 6.45) is 0. The first kappa shape index (κ1) is 11.6. The van der Waals surface area contributed by atoms with Crippen molar-refractivity contribution in [3.63, 3.8) is 0 Å². The molecule has 0 saturated carbocycles. The van der Waals surface area contributed by atoms with Crippen LogP contribution in [0.3, 0.4) is 0 Å². The Hall–Kier alpha value is -0.500. The summed E-state index contributed by atoms with van der Waals surface area (Å²) in [5, 5.41) is 8.88. The smallest absolute Gasteiger partial charge is 0.100 e. The van der Waals surface area contributed by atoms with E-state index in [1.54, 1.807) is 18.9 Å². The minimum absolute atomic E-state index is 0.700. The molecule has 0 amide bonds. The van der Waals surface area contributed by atoms with Gasteiger partial charge in [-0.05, 0) is 18.2 Å². The molecular formula is C10H10BrNOS. The van der Waals surface area contributed by atoms with Gasteiger partial charge in [-0.1, -0.05) is 15.9 Å². The van der Waals surface area contributed by atoms with Crippen LogP contribution in [0.1, 0.15) is 5.56 Å². The van der Waals surface area contributed by atoms with Gasteiger partial charge in [0.1, 0.15) is 6.07 Å². The number of thioether (sulfide) groups is 1. The summed E-state index contributed by atoms with van der Waals surface area (Å²) in [6, 6.07) is 7.89. The number of hydrogen-bond donors (Lipinski definition) is 0. The molecule has 0 aromatic heterocycles. The van der Waals surface area contributed by atoms with Crippen molar-refractivity contribution in [3.05, 3.63) is 28.2 Å². The molecule has 0 bridgehead atoms. The third kappa shape index (κ3) is 3.33. The van der Waals surface area contributed by atoms with Crippen molar-refractivity contribution < 1.29 is 4.74 Å². The minimum atomic E-state index is 0.700. The van der Waals surface area contributed by atoms with Gasteiger partial charge in [0, 0.05) is 22.2 Å². The van der Waals surface area contributed by atoms with Crippen molar-refractivity contribution in [1.82, 2.24) is 0 Å². The lowest BCUT2D eigenvalue weighted by Gasteiger charge is -2.03. The van der Waals surface area contributed by atoms with Crippen molar-refractivity contribution >= 4 is 27.7 Å². The number of nitrogens with zero attached hydrogens (tertiary/aromatic N) is 1. The maximum Gasteiger partial charge on any atom is 0.100 e. The van der Waals surface area contributed by atoms with E-state index in [4.69, 9.17) is 10.00 Å². The van der Waals surface area contributed by atoms with Gasteiger partial charge in [0.2, 0.25) is 0 Å². The van der Waals surface area contributed by atoms with Gasteiger partial charge in [0.05, 0.1) is 12.2 Å². The third-order valence-electron chi connectivity index (χ3n) is 1.61. The number of benzene rings is 1. The summed E-state index contributed by atoms with van der Waals surface area (Å²) in [5.74, 6) is 0.868. The van der Waals surface area contributed by atoms with Crippen molar-refractivity contribution in [2.75, 3.05) is 19.5 Å². The van der Waals surface area contributed by atoms with Crippen LogP contribution in [0.25, 0.3) is 0 Å². The second kappa shape index (κ2) is 6.07. The summed E-state index contributed by atoms with van der Waals surface area (Å²) in [5.41, 5.74) is 0.709. The molecule has 0 fully saturated rings. The van der Waals surface area contributed by atoms with Crippen LogP contribution in [0.15, 0.2) is 27.6 Å². The molecule has 0 aliphatic heterocycles. The van der Waals surface area contributed by atoms with Crippen LogP contribution >= 0.6 is 27.7 Å². The van der Waals surface area contributed by atoms with Crippen molar-refractivity contribution in [3.8, 4) is 6.07 Å². The van der Waals surface area contributed by atoms with Crippen LogP contribution in [-0.2, 0) is 4.74 Å². The van der Waals surface area contributed by atoms with Crippen molar-refractivity contribution in [2.45, 2.75) is 4.90 Å². The van der Waals surface area contributed by atoms with E-state index in [1.807, 2.05) is 18.2 Å². The Morgan fingerprint density at radius 2 is 2.36 bits per heavy atom. The van der Waals surface area contributed by atoms with Gasteiger partial charge in [0.25, 0.3) is 0 Å². The van der Waals surface area contributed by atoms with E-state index in [0.29, 0.717) is 12.2 Å². The van der Waals surface area contributed by atoms with E-state index in [2.05, 4.69) is 22.0 Å². The third-order valence-corrected chi connectivity index (χ3v) is 3.14. The Balaban J connectivity index is 2.72. The van der Waals surface area contributed by atoms with Gasteiger partial charge < -0.3 is 4.74 Å². The van der Waals surface area contributed by atoms with Crippen LogP contribution in [0.2, 0.25) is 0 Å². The SMILES string of the molecule is COCCSc1ccc(Br)cc1C#N. The van der Waals surface area contributed by atoms with Gasteiger partial charge >= 0.3 is 0 Å². The second-order valence-electron chi connectivity index (χ2n) is 2.59. The molecule has 0 heterocycles. The molecule has 0 saturated heterocycles. The predicted octanol–water partition coefficient (Wildman–Crippen LogP) is 3.06. The quantitative estimate of drug-likeness (QED) is 0.624. The van der Waals surface area contributed by atoms with Crippen LogP contribution in [0.4, 0.5) is 0 Å². The van der Waals surface area contributed by atoms with Crippen LogP contribution in [-0.4, -0.2) is 19.5 Å². The molecule has 0 atom stereocenters. The Kier molecular flexibility index (Phi) is 5.02. The second-order valence-corrected chi connectivity index (χ2v) is 4.65. The molecule has 4 heteroatoms. The van der Waals surface area contributed by atoms with E-state index in [-0.39, 0.29) is 0 Å². The largest absolute Gasteiger partial charge is 0.384 e. The lowest BCUT2D eigenvalue weighted by molar-refractivity contribution is 0.218. The van der Waals surface area contributed by atoms with Crippen LogP contribution < -0.4 is 0 Å². The lowest BCUT2D eigenvalue weighted by atomic mass is 10.2. The lowest BCUT2D eigenvalue weighted by Crippen LogP contribution is -1.92. The maximum atomic E-state index is 8.88. The standard InChI is InChI=1S/C10H10BrNOS/c1-13-4-5-14-10-3-2-9(11)6-8(10)7-12/h2-3,6H,4-5H2,1H3. The molecule has 2 nitrogen and oxygen atoms in total. The molecule has 14 heavy (non-hydrogen) atoms. The van der Waals surface area contributed by atoms with E-state index < -0.39 is 0 Å². The summed E-state index contributed by atoms with van der Waals surface area (Å²) < 4.78 is 5.88. The summed E-state index contributed by atoms with van der Waals surface area (Å²) in [4.78, 5) is 1.01. The molecule has 0 unspecified atom stereocenters. The topological polar surface area (TPSA) is 33.0 Å². The van der Waals surface area contributed by atoms with E-state index in [1.165, 1.54) is 0 Å². The highest BCUT2D eigenvalue weighted by molar-refractivity contribution is 9.10. The fraction of sp³-hybridized carbons (Fsp3) is 0.300. The van der Waals surface area contributed by atoms with Gasteiger partial charge in [-0.25, -0.2) is 0 Å². The highest BCUT2D eigenvalue weighted by Crippen LogP contribution is 2.25. The predicted molar refractivity (Wildman–Crippen MR) is 61.5 cm³/mol. The number of ether oxygens (including phenoxy) is 1. The zero-order valence-corrected chi connectivity index (χ0v) is 10.2. The zero-order valence-electron chi connectivity index (χ0n) is 7.79. The summed E-state index contributed by atoms with van der Waals surface area (Å²) >= 11 is 4.97. The van der Waals surface area contributed by atoms with Gasteiger partial charge in [-0.3, -0.25) is 0 Å². The average molecular weight is 272 g/mol. The van der Waals surface area contributed by atoms with Crippen molar-refractivity contribution in [1.29, 1.82) is 5.26 Å². The normalized spacial score (nSPS) is 9.79. The average Bonchev–Trinajstić information content (AvgIpc) is 2.20. The van der Waals surface area contributed by atoms with E-state index in [9.17, 15) is 0 Å². The maximum absolute atomic E-state index is 8.88. The fourth-order valence-corrected chi connectivity index (χ4v) is 2.21. The monoisotopic (exact) mass is 271 g/mol. The first-order valence-corrected chi connectivity index (χ1v) is 5.87. The summed E-state index contributed by atoms with van der Waals surface area (Å²) in [7, 11) is 1.67. The Labute approximate surface area is 96.4 Å².